The predicted molar refractivity (Wildman–Crippen MR) is 119 cm³/mol. The van der Waals surface area contributed by atoms with Crippen molar-refractivity contribution in [2.45, 2.75) is 83.6 Å². The third kappa shape index (κ3) is 6.02. The molecule has 172 valence electrons. The maximum absolute atomic E-state index is 14.1. The summed E-state index contributed by atoms with van der Waals surface area (Å²) < 4.78 is 24.9. The number of halogens is 1. The van der Waals surface area contributed by atoms with Crippen molar-refractivity contribution in [3.05, 3.63) is 29.6 Å². The van der Waals surface area contributed by atoms with Crippen molar-refractivity contribution < 1.29 is 18.7 Å². The van der Waals surface area contributed by atoms with Crippen molar-refractivity contribution in [2.75, 3.05) is 13.7 Å². The van der Waals surface area contributed by atoms with Gasteiger partial charge in [-0.2, -0.15) is 0 Å². The second-order valence-corrected chi connectivity index (χ2v) is 9.21. The molecule has 2 atom stereocenters. The Balaban J connectivity index is 1.53. The van der Waals surface area contributed by atoms with Gasteiger partial charge in [0.05, 0.1) is 6.61 Å². The molecule has 31 heavy (non-hydrogen) atoms. The highest BCUT2D eigenvalue weighted by Gasteiger charge is 2.45. The molecule has 2 N–H and O–H groups in total. The van der Waals surface area contributed by atoms with E-state index in [2.05, 4.69) is 15.6 Å². The van der Waals surface area contributed by atoms with E-state index in [-0.39, 0.29) is 35.8 Å². The molecule has 2 unspecified atom stereocenters. The molecule has 2 aliphatic rings. The van der Waals surface area contributed by atoms with Crippen molar-refractivity contribution in [2.24, 2.45) is 4.99 Å². The van der Waals surface area contributed by atoms with Crippen LogP contribution < -0.4 is 15.4 Å². The summed E-state index contributed by atoms with van der Waals surface area (Å²) in [6, 6.07) is 5.56. The highest BCUT2D eigenvalue weighted by molar-refractivity contribution is 5.80. The third-order valence-corrected chi connectivity index (χ3v) is 5.66. The van der Waals surface area contributed by atoms with E-state index in [4.69, 9.17) is 9.47 Å². The Morgan fingerprint density at radius 2 is 1.94 bits per heavy atom. The number of nitrogens with zero attached hydrogens (tertiary/aromatic N) is 2. The standard InChI is InChI=1S/C23H35FN4O3/c1-6-30-20-10-7-15(11-19(20)24)14-26-21(25-5)27-16-12-17-8-9-18(13-16)28(17)22(29)31-23(2,3)4/h7,10-11,16-18H,6,8-9,12-14H2,1-5H3,(H2,25,26,27). The van der Waals surface area contributed by atoms with Crippen LogP contribution in [-0.4, -0.2) is 54.3 Å². The summed E-state index contributed by atoms with van der Waals surface area (Å²) in [6.45, 7) is 8.40. The number of benzene rings is 1. The molecule has 1 aromatic rings. The molecule has 0 radical (unpaired) electrons. The molecule has 2 fully saturated rings. The number of carbonyl (C=O) groups is 1. The number of ether oxygens (including phenoxy) is 2. The van der Waals surface area contributed by atoms with Crippen LogP contribution >= 0.6 is 0 Å². The summed E-state index contributed by atoms with van der Waals surface area (Å²) in [5.41, 5.74) is 0.321. The SMILES string of the molecule is CCOc1ccc(CNC(=NC)NC2CC3CCC(C2)N3C(=O)OC(C)(C)C)cc1F. The monoisotopic (exact) mass is 434 g/mol. The van der Waals surface area contributed by atoms with Gasteiger partial charge in [-0.1, -0.05) is 6.07 Å². The molecule has 7 nitrogen and oxygen atoms in total. The van der Waals surface area contributed by atoms with Crippen LogP contribution in [0.4, 0.5) is 9.18 Å². The first-order chi connectivity index (χ1) is 14.7. The van der Waals surface area contributed by atoms with E-state index in [1.54, 1.807) is 13.1 Å². The van der Waals surface area contributed by atoms with Gasteiger partial charge in [0.1, 0.15) is 5.60 Å². The first-order valence-corrected chi connectivity index (χ1v) is 11.1. The number of fused-ring (bicyclic) bond motifs is 2. The molecule has 2 bridgehead atoms. The van der Waals surface area contributed by atoms with Gasteiger partial charge >= 0.3 is 6.09 Å². The van der Waals surface area contributed by atoms with Gasteiger partial charge in [0.15, 0.2) is 17.5 Å². The third-order valence-electron chi connectivity index (χ3n) is 5.66. The molecule has 2 aliphatic heterocycles. The van der Waals surface area contributed by atoms with Crippen LogP contribution in [0.25, 0.3) is 0 Å². The molecule has 0 spiro atoms. The van der Waals surface area contributed by atoms with E-state index in [1.165, 1.54) is 6.07 Å². The summed E-state index contributed by atoms with van der Waals surface area (Å²) in [7, 11) is 1.72. The van der Waals surface area contributed by atoms with Gasteiger partial charge in [-0.3, -0.25) is 4.99 Å². The Morgan fingerprint density at radius 3 is 2.48 bits per heavy atom. The minimum atomic E-state index is -0.488. The average molecular weight is 435 g/mol. The average Bonchev–Trinajstić information content (AvgIpc) is 2.97. The van der Waals surface area contributed by atoms with Gasteiger partial charge in [0, 0.05) is 31.7 Å². The van der Waals surface area contributed by atoms with E-state index in [0.29, 0.717) is 19.1 Å². The van der Waals surface area contributed by atoms with Gasteiger partial charge in [0.25, 0.3) is 0 Å². The van der Waals surface area contributed by atoms with Gasteiger partial charge in [-0.05, 0) is 71.1 Å². The second-order valence-electron chi connectivity index (χ2n) is 9.21. The van der Waals surface area contributed by atoms with Gasteiger partial charge < -0.3 is 25.0 Å². The molecule has 0 aliphatic carbocycles. The van der Waals surface area contributed by atoms with Crippen molar-refractivity contribution >= 4 is 12.1 Å². The van der Waals surface area contributed by atoms with Crippen molar-refractivity contribution in [3.63, 3.8) is 0 Å². The van der Waals surface area contributed by atoms with Gasteiger partial charge in [0.2, 0.25) is 0 Å². The number of guanidine groups is 1. The minimum absolute atomic E-state index is 0.185. The van der Waals surface area contributed by atoms with E-state index in [0.717, 1.165) is 31.2 Å². The molecule has 2 saturated heterocycles. The zero-order valence-electron chi connectivity index (χ0n) is 19.2. The summed E-state index contributed by atoms with van der Waals surface area (Å²) in [5, 5.41) is 6.73. The highest BCUT2D eigenvalue weighted by Crippen LogP contribution is 2.36. The van der Waals surface area contributed by atoms with Crippen molar-refractivity contribution in [3.8, 4) is 5.75 Å². The van der Waals surface area contributed by atoms with Gasteiger partial charge in [-0.15, -0.1) is 0 Å². The first-order valence-electron chi connectivity index (χ1n) is 11.1. The number of rotatable bonds is 5. The Bertz CT molecular complexity index is 795. The molecule has 2 heterocycles. The lowest BCUT2D eigenvalue weighted by Gasteiger charge is -2.40. The number of amides is 1. The fraction of sp³-hybridized carbons (Fsp3) is 0.652. The fourth-order valence-corrected chi connectivity index (χ4v) is 4.41. The first kappa shape index (κ1) is 23.2. The molecular formula is C23H35FN4O3. The molecule has 1 aromatic carbocycles. The Kier molecular flexibility index (Phi) is 7.28. The number of hydrogen-bond donors (Lipinski definition) is 2. The van der Waals surface area contributed by atoms with E-state index in [1.807, 2.05) is 38.7 Å². The lowest BCUT2D eigenvalue weighted by Crippen LogP contribution is -2.54. The number of aliphatic imine (C=N–C) groups is 1. The summed E-state index contributed by atoms with van der Waals surface area (Å²) in [5.74, 6) is 0.570. The lowest BCUT2D eigenvalue weighted by atomic mass is 9.98. The predicted octanol–water partition coefficient (Wildman–Crippen LogP) is 3.82. The lowest BCUT2D eigenvalue weighted by molar-refractivity contribution is 0.00544. The van der Waals surface area contributed by atoms with E-state index in [9.17, 15) is 9.18 Å². The number of carbonyl (C=O) groups excluding carboxylic acids is 1. The maximum atomic E-state index is 14.1. The number of hydrogen-bond acceptors (Lipinski definition) is 4. The van der Waals surface area contributed by atoms with E-state index >= 15 is 0 Å². The van der Waals surface area contributed by atoms with Crippen LogP contribution in [0.1, 0.15) is 58.9 Å². The summed E-state index contributed by atoms with van der Waals surface area (Å²) in [4.78, 5) is 18.9. The molecule has 1 amide bonds. The summed E-state index contributed by atoms with van der Waals surface area (Å²) >= 11 is 0. The maximum Gasteiger partial charge on any atom is 0.410 e. The molecule has 3 rings (SSSR count). The van der Waals surface area contributed by atoms with Crippen LogP contribution in [-0.2, 0) is 11.3 Å². The molecular weight excluding hydrogens is 399 g/mol. The fourth-order valence-electron chi connectivity index (χ4n) is 4.41. The Morgan fingerprint density at radius 1 is 1.26 bits per heavy atom. The van der Waals surface area contributed by atoms with Crippen molar-refractivity contribution in [1.82, 2.24) is 15.5 Å². The van der Waals surface area contributed by atoms with E-state index < -0.39 is 5.60 Å². The van der Waals surface area contributed by atoms with Crippen LogP contribution in [0.3, 0.4) is 0 Å². The zero-order valence-corrected chi connectivity index (χ0v) is 19.2. The quantitative estimate of drug-likeness (QED) is 0.544. The number of nitrogens with one attached hydrogen (secondary N) is 2. The Labute approximate surface area is 184 Å². The summed E-state index contributed by atoms with van der Waals surface area (Å²) in [6.07, 6.45) is 3.50. The number of piperidine rings is 1. The Hall–Kier alpha value is -2.51. The van der Waals surface area contributed by atoms with Crippen LogP contribution in [0.5, 0.6) is 5.75 Å². The molecule has 0 saturated carbocycles. The second kappa shape index (κ2) is 9.75. The van der Waals surface area contributed by atoms with Crippen LogP contribution in [0.15, 0.2) is 23.2 Å². The molecule has 0 aromatic heterocycles. The van der Waals surface area contributed by atoms with Gasteiger partial charge in [-0.25, -0.2) is 9.18 Å². The van der Waals surface area contributed by atoms with Crippen LogP contribution in [0.2, 0.25) is 0 Å². The van der Waals surface area contributed by atoms with Crippen LogP contribution in [0, 0.1) is 5.82 Å². The highest BCUT2D eigenvalue weighted by atomic mass is 19.1. The zero-order chi connectivity index (χ0) is 22.6. The topological polar surface area (TPSA) is 75.2 Å². The van der Waals surface area contributed by atoms with Crippen molar-refractivity contribution in [1.29, 1.82) is 0 Å². The molecule has 8 heteroatoms. The normalized spacial score (nSPS) is 23.5. The smallest absolute Gasteiger partial charge is 0.410 e. The largest absolute Gasteiger partial charge is 0.491 e. The minimum Gasteiger partial charge on any atom is -0.491 e.